The summed E-state index contributed by atoms with van der Waals surface area (Å²) in [5.74, 6) is 0. The van der Waals surface area contributed by atoms with Crippen molar-refractivity contribution in [3.8, 4) is 22.3 Å². The van der Waals surface area contributed by atoms with E-state index in [9.17, 15) is 18.0 Å². The van der Waals surface area contributed by atoms with Crippen LogP contribution in [0.2, 0.25) is 0 Å². The maximum absolute atomic E-state index is 12.9. The zero-order valence-electron chi connectivity index (χ0n) is 18.7. The Balaban J connectivity index is 1.94. The van der Waals surface area contributed by atoms with Crippen LogP contribution in [0, 0.1) is 0 Å². The van der Waals surface area contributed by atoms with Crippen LogP contribution in [0.5, 0.6) is 0 Å². The molecule has 170 valence electrons. The van der Waals surface area contributed by atoms with Crippen molar-refractivity contribution in [1.29, 1.82) is 0 Å². The summed E-state index contributed by atoms with van der Waals surface area (Å²) in [6, 6.07) is 15.5. The molecule has 0 aliphatic carbocycles. The van der Waals surface area contributed by atoms with Crippen LogP contribution in [0.3, 0.4) is 0 Å². The topological polar surface area (TPSA) is 109 Å². The summed E-state index contributed by atoms with van der Waals surface area (Å²) in [4.78, 5) is 28.1. The van der Waals surface area contributed by atoms with E-state index in [1.807, 2.05) is 12.1 Å². The Kier molecular flexibility index (Phi) is 5.49. The van der Waals surface area contributed by atoms with Gasteiger partial charge in [-0.3, -0.25) is 9.52 Å². The largest absolute Gasteiger partial charge is 0.422 e. The number of H-pyrrole nitrogens is 1. The molecule has 0 saturated heterocycles. The summed E-state index contributed by atoms with van der Waals surface area (Å²) in [5, 5.41) is 0.689. The van der Waals surface area contributed by atoms with Gasteiger partial charge in [-0.05, 0) is 59.0 Å². The predicted octanol–water partition coefficient (Wildman–Crippen LogP) is 4.48. The van der Waals surface area contributed by atoms with E-state index in [1.165, 1.54) is 0 Å². The average molecular weight is 465 g/mol. The number of fused-ring (bicyclic) bond motifs is 1. The lowest BCUT2D eigenvalue weighted by Crippen LogP contribution is -2.13. The Labute approximate surface area is 191 Å². The Morgan fingerprint density at radius 1 is 0.909 bits per heavy atom. The highest BCUT2D eigenvalue weighted by atomic mass is 32.2. The first-order valence-electron chi connectivity index (χ1n) is 10.3. The fourth-order valence-electron chi connectivity index (χ4n) is 3.63. The van der Waals surface area contributed by atoms with E-state index in [-0.39, 0.29) is 11.0 Å². The predicted molar refractivity (Wildman–Crippen MR) is 131 cm³/mol. The first kappa shape index (κ1) is 22.5. The number of hydrogen-bond acceptors (Lipinski definition) is 5. The zero-order chi connectivity index (χ0) is 24.0. The Morgan fingerprint density at radius 3 is 2.21 bits per heavy atom. The van der Waals surface area contributed by atoms with E-state index in [2.05, 4.69) is 30.5 Å². The van der Waals surface area contributed by atoms with Crippen LogP contribution in [-0.2, 0) is 15.4 Å². The smallest absolute Gasteiger partial charge is 0.344 e. The van der Waals surface area contributed by atoms with Gasteiger partial charge < -0.3 is 9.40 Å². The van der Waals surface area contributed by atoms with Gasteiger partial charge in [0.2, 0.25) is 10.0 Å². The van der Waals surface area contributed by atoms with Gasteiger partial charge in [-0.2, -0.15) is 0 Å². The molecule has 0 amide bonds. The maximum Gasteiger partial charge on any atom is 0.344 e. The third kappa shape index (κ3) is 4.75. The van der Waals surface area contributed by atoms with Crippen molar-refractivity contribution in [3.05, 3.63) is 87.1 Å². The monoisotopic (exact) mass is 464 g/mol. The molecule has 8 heteroatoms. The third-order valence-electron chi connectivity index (χ3n) is 5.31. The highest BCUT2D eigenvalue weighted by Crippen LogP contribution is 2.34. The van der Waals surface area contributed by atoms with Gasteiger partial charge in [-0.25, -0.2) is 13.2 Å². The average Bonchev–Trinajstić information content (AvgIpc) is 2.72. The molecule has 0 radical (unpaired) electrons. The molecular weight excluding hydrogens is 440 g/mol. The van der Waals surface area contributed by atoms with Crippen LogP contribution in [0.15, 0.2) is 74.8 Å². The fourth-order valence-corrected chi connectivity index (χ4v) is 4.20. The number of aromatic amines is 1. The van der Waals surface area contributed by atoms with Crippen molar-refractivity contribution in [1.82, 2.24) is 4.98 Å². The van der Waals surface area contributed by atoms with Crippen molar-refractivity contribution in [2.75, 3.05) is 11.0 Å². The number of pyridine rings is 1. The van der Waals surface area contributed by atoms with Gasteiger partial charge in [-0.1, -0.05) is 32.9 Å². The van der Waals surface area contributed by atoms with Crippen LogP contribution in [0.25, 0.3) is 33.2 Å². The normalized spacial score (nSPS) is 12.1. The van der Waals surface area contributed by atoms with E-state index in [0.29, 0.717) is 38.9 Å². The highest BCUT2D eigenvalue weighted by molar-refractivity contribution is 7.92. The molecule has 2 aromatic heterocycles. The summed E-state index contributed by atoms with van der Waals surface area (Å²) in [7, 11) is -3.40. The minimum atomic E-state index is -3.40. The molecule has 33 heavy (non-hydrogen) atoms. The summed E-state index contributed by atoms with van der Waals surface area (Å²) in [6.07, 6.45) is 2.62. The first-order valence-corrected chi connectivity index (χ1v) is 12.2. The second-order valence-corrected chi connectivity index (χ2v) is 10.8. The van der Waals surface area contributed by atoms with Crippen molar-refractivity contribution < 1.29 is 12.8 Å². The van der Waals surface area contributed by atoms with Crippen LogP contribution in [-0.4, -0.2) is 19.7 Å². The molecule has 0 saturated carbocycles. The molecule has 0 aliphatic heterocycles. The quantitative estimate of drug-likeness (QED) is 0.433. The van der Waals surface area contributed by atoms with Crippen LogP contribution in [0.4, 0.5) is 5.69 Å². The van der Waals surface area contributed by atoms with Crippen LogP contribution in [0.1, 0.15) is 26.3 Å². The number of hydrogen-bond donors (Lipinski definition) is 2. The molecular formula is C25H24N2O5S. The van der Waals surface area contributed by atoms with Gasteiger partial charge in [-0.15, -0.1) is 0 Å². The van der Waals surface area contributed by atoms with E-state index in [1.54, 1.807) is 48.7 Å². The van der Waals surface area contributed by atoms with Crippen LogP contribution < -0.4 is 15.9 Å². The summed E-state index contributed by atoms with van der Waals surface area (Å²) in [6.45, 7) is 6.21. The number of benzene rings is 2. The molecule has 2 aromatic carbocycles. The van der Waals surface area contributed by atoms with Crippen molar-refractivity contribution >= 4 is 26.7 Å². The summed E-state index contributed by atoms with van der Waals surface area (Å²) in [5.41, 5.74) is 2.58. The molecule has 7 nitrogen and oxygen atoms in total. The molecule has 4 rings (SSSR count). The highest BCUT2D eigenvalue weighted by Gasteiger charge is 2.20. The minimum absolute atomic E-state index is 0.209. The van der Waals surface area contributed by atoms with Gasteiger partial charge in [0.05, 0.1) is 17.4 Å². The van der Waals surface area contributed by atoms with E-state index < -0.39 is 15.6 Å². The molecule has 0 unspecified atom stereocenters. The lowest BCUT2D eigenvalue weighted by molar-refractivity contribution is 0.562. The van der Waals surface area contributed by atoms with Gasteiger partial charge in [0.1, 0.15) is 5.58 Å². The van der Waals surface area contributed by atoms with E-state index >= 15 is 0 Å². The number of nitrogens with one attached hydrogen (secondary N) is 2. The van der Waals surface area contributed by atoms with Crippen LogP contribution >= 0.6 is 0 Å². The van der Waals surface area contributed by atoms with Gasteiger partial charge in [0.25, 0.3) is 5.56 Å². The SMILES string of the molecule is CC(C)(C)c1cc(-c2ccc[nH]c2=O)c2oc(=O)c(-c3ccc(NS(C)(=O)=O)cc3)cc2c1. The molecule has 0 fully saturated rings. The second kappa shape index (κ2) is 8.04. The van der Waals surface area contributed by atoms with E-state index in [4.69, 9.17) is 4.42 Å². The second-order valence-electron chi connectivity index (χ2n) is 9.00. The third-order valence-corrected chi connectivity index (χ3v) is 5.91. The molecule has 2 N–H and O–H groups in total. The number of aromatic nitrogens is 1. The first-order chi connectivity index (χ1) is 15.4. The minimum Gasteiger partial charge on any atom is -0.422 e. The number of sulfonamides is 1. The number of anilines is 1. The van der Waals surface area contributed by atoms with Crippen molar-refractivity contribution in [2.45, 2.75) is 26.2 Å². The number of rotatable bonds is 4. The molecule has 0 bridgehead atoms. The molecule has 2 heterocycles. The summed E-state index contributed by atoms with van der Waals surface area (Å²) < 4.78 is 31.0. The molecule has 0 atom stereocenters. The Bertz CT molecular complexity index is 1570. The fraction of sp³-hybridized carbons (Fsp3) is 0.200. The molecule has 0 spiro atoms. The maximum atomic E-state index is 12.9. The Morgan fingerprint density at radius 2 is 1.61 bits per heavy atom. The van der Waals surface area contributed by atoms with E-state index in [0.717, 1.165) is 11.8 Å². The van der Waals surface area contributed by atoms with Crippen molar-refractivity contribution in [3.63, 3.8) is 0 Å². The zero-order valence-corrected chi connectivity index (χ0v) is 19.5. The van der Waals surface area contributed by atoms with Gasteiger partial charge in [0.15, 0.2) is 0 Å². The lowest BCUT2D eigenvalue weighted by atomic mass is 9.84. The summed E-state index contributed by atoms with van der Waals surface area (Å²) >= 11 is 0. The molecule has 0 aliphatic rings. The van der Waals surface area contributed by atoms with Gasteiger partial charge in [0, 0.05) is 22.8 Å². The van der Waals surface area contributed by atoms with Crippen molar-refractivity contribution in [2.24, 2.45) is 0 Å². The standard InChI is InChI=1S/C25H24N2O5S/c1-25(2,3)17-12-16-13-20(15-7-9-18(10-8-15)27-33(4,30)31)24(29)32-22(16)21(14-17)19-6-5-11-26-23(19)28/h5-14,27H,1-4H3,(H,26,28). The molecule has 4 aromatic rings. The lowest BCUT2D eigenvalue weighted by Gasteiger charge is -2.21. The Hall–Kier alpha value is -3.65. The van der Waals surface area contributed by atoms with Gasteiger partial charge >= 0.3 is 5.63 Å².